The predicted octanol–water partition coefficient (Wildman–Crippen LogP) is 4.32. The van der Waals surface area contributed by atoms with E-state index in [9.17, 15) is 14.4 Å². The quantitative estimate of drug-likeness (QED) is 0.461. The van der Waals surface area contributed by atoms with Crippen molar-refractivity contribution >= 4 is 17.7 Å². The Kier molecular flexibility index (Phi) is 11.7. The minimum absolute atomic E-state index is 0.0502. The van der Waals surface area contributed by atoms with Gasteiger partial charge in [-0.15, -0.1) is 0 Å². The minimum atomic E-state index is -0.608. The van der Waals surface area contributed by atoms with E-state index < -0.39 is 6.04 Å². The molecule has 0 saturated carbocycles. The van der Waals surface area contributed by atoms with Crippen molar-refractivity contribution in [1.82, 2.24) is 20.0 Å². The van der Waals surface area contributed by atoms with Crippen LogP contribution in [0.15, 0.2) is 11.6 Å². The number of carbonyl (C=O) groups excluding carboxylic acids is 3. The molecule has 37 heavy (non-hydrogen) atoms. The standard InChI is InChI=1S/C30H54N4O3/c1-19(2)26(16-24(9)29(36)33-17-22(7)15-23(8)18-33)32(10)30(37)27(20(3)4)31-28(35)25-13-11-12-14-34(25)21(5)6/h16,19-23,25-27H,11-15,17-18H2,1-10H3,(H,31,35)/b24-16+/t22?,23?,25-,26-,27?/m1/s1. The fourth-order valence-electron chi connectivity index (χ4n) is 6.14. The zero-order valence-corrected chi connectivity index (χ0v) is 25.2. The van der Waals surface area contributed by atoms with Gasteiger partial charge in [0.15, 0.2) is 0 Å². The van der Waals surface area contributed by atoms with Gasteiger partial charge < -0.3 is 15.1 Å². The number of hydrogen-bond acceptors (Lipinski definition) is 4. The van der Waals surface area contributed by atoms with E-state index in [0.717, 1.165) is 45.3 Å². The zero-order chi connectivity index (χ0) is 28.0. The molecule has 3 unspecified atom stereocenters. The van der Waals surface area contributed by atoms with E-state index in [-0.39, 0.29) is 47.7 Å². The zero-order valence-electron chi connectivity index (χ0n) is 25.2. The Labute approximate surface area is 226 Å². The normalized spacial score (nSPS) is 25.4. The summed E-state index contributed by atoms with van der Waals surface area (Å²) in [6.07, 6.45) is 6.06. The van der Waals surface area contributed by atoms with Crippen LogP contribution in [-0.4, -0.2) is 83.3 Å². The highest BCUT2D eigenvalue weighted by atomic mass is 16.2. The van der Waals surface area contributed by atoms with Crippen molar-refractivity contribution in [2.45, 2.75) is 112 Å². The third-order valence-electron chi connectivity index (χ3n) is 8.13. The van der Waals surface area contributed by atoms with Crippen LogP contribution >= 0.6 is 0 Å². The van der Waals surface area contributed by atoms with Gasteiger partial charge in [0.25, 0.3) is 0 Å². The molecule has 0 radical (unpaired) electrons. The summed E-state index contributed by atoms with van der Waals surface area (Å²) in [5.41, 5.74) is 0.680. The molecule has 7 heteroatoms. The van der Waals surface area contributed by atoms with Crippen molar-refractivity contribution in [2.75, 3.05) is 26.7 Å². The van der Waals surface area contributed by atoms with Gasteiger partial charge in [0.05, 0.1) is 12.1 Å². The van der Waals surface area contributed by atoms with Crippen LogP contribution in [0.3, 0.4) is 0 Å². The Morgan fingerprint density at radius 3 is 2.05 bits per heavy atom. The molecule has 1 N–H and O–H groups in total. The molecule has 5 atom stereocenters. The SMILES string of the molecule is C/C(=C\[C@H](C(C)C)N(C)C(=O)C(NC(=O)[C@H]1CCCCN1C(C)C)C(C)C)C(=O)N1CC(C)CC(C)C1. The van der Waals surface area contributed by atoms with Crippen LogP contribution in [-0.2, 0) is 14.4 Å². The first kappa shape index (κ1) is 31.3. The number of amides is 3. The van der Waals surface area contributed by atoms with Gasteiger partial charge in [0.1, 0.15) is 6.04 Å². The lowest BCUT2D eigenvalue weighted by molar-refractivity contribution is -0.140. The Hall–Kier alpha value is -1.89. The summed E-state index contributed by atoms with van der Waals surface area (Å²) < 4.78 is 0. The molecular weight excluding hydrogens is 464 g/mol. The van der Waals surface area contributed by atoms with Crippen LogP contribution in [0.2, 0.25) is 0 Å². The highest BCUT2D eigenvalue weighted by Gasteiger charge is 2.36. The minimum Gasteiger partial charge on any atom is -0.343 e. The van der Waals surface area contributed by atoms with E-state index in [1.54, 1.807) is 11.9 Å². The second-order valence-electron chi connectivity index (χ2n) is 12.8. The predicted molar refractivity (Wildman–Crippen MR) is 151 cm³/mol. The first-order chi connectivity index (χ1) is 17.2. The highest BCUT2D eigenvalue weighted by Crippen LogP contribution is 2.24. The molecule has 0 aromatic heterocycles. The van der Waals surface area contributed by atoms with Gasteiger partial charge in [-0.2, -0.15) is 0 Å². The summed E-state index contributed by atoms with van der Waals surface area (Å²) in [4.78, 5) is 46.4. The number of nitrogens with one attached hydrogen (secondary N) is 1. The summed E-state index contributed by atoms with van der Waals surface area (Å²) in [6, 6.07) is -0.754. The number of likely N-dealkylation sites (tertiary alicyclic amines) is 2. The Balaban J connectivity index is 2.19. The van der Waals surface area contributed by atoms with Crippen LogP contribution in [0.1, 0.15) is 88.0 Å². The monoisotopic (exact) mass is 518 g/mol. The van der Waals surface area contributed by atoms with E-state index in [0.29, 0.717) is 17.4 Å². The van der Waals surface area contributed by atoms with Gasteiger partial charge in [-0.3, -0.25) is 19.3 Å². The molecule has 2 rings (SSSR count). The molecule has 0 bridgehead atoms. The fraction of sp³-hybridized carbons (Fsp3) is 0.833. The molecule has 7 nitrogen and oxygen atoms in total. The maximum absolute atomic E-state index is 13.8. The van der Waals surface area contributed by atoms with Crippen molar-refractivity contribution in [1.29, 1.82) is 0 Å². The van der Waals surface area contributed by atoms with Gasteiger partial charge in [-0.25, -0.2) is 0 Å². The molecule has 3 amide bonds. The maximum Gasteiger partial charge on any atom is 0.249 e. The van der Waals surface area contributed by atoms with Gasteiger partial charge >= 0.3 is 0 Å². The average Bonchev–Trinajstić information content (AvgIpc) is 2.83. The summed E-state index contributed by atoms with van der Waals surface area (Å²) in [6.45, 7) is 21.1. The second kappa shape index (κ2) is 13.8. The van der Waals surface area contributed by atoms with Crippen LogP contribution in [0.25, 0.3) is 0 Å². The van der Waals surface area contributed by atoms with Crippen LogP contribution < -0.4 is 5.32 Å². The van der Waals surface area contributed by atoms with E-state index in [1.165, 1.54) is 0 Å². The summed E-state index contributed by atoms with van der Waals surface area (Å²) in [7, 11) is 1.80. The molecule has 0 spiro atoms. The number of rotatable bonds is 9. The molecule has 0 aromatic carbocycles. The van der Waals surface area contributed by atoms with Crippen LogP contribution in [0.5, 0.6) is 0 Å². The second-order valence-corrected chi connectivity index (χ2v) is 12.8. The molecule has 0 aromatic rings. The molecule has 2 aliphatic heterocycles. The van der Waals surface area contributed by atoms with Crippen molar-refractivity contribution in [3.05, 3.63) is 11.6 Å². The van der Waals surface area contributed by atoms with E-state index in [2.05, 4.69) is 51.8 Å². The summed E-state index contributed by atoms with van der Waals surface area (Å²) in [5, 5.41) is 3.12. The third-order valence-corrected chi connectivity index (χ3v) is 8.13. The molecule has 2 heterocycles. The number of nitrogens with zero attached hydrogens (tertiary/aromatic N) is 3. The van der Waals surface area contributed by atoms with E-state index in [4.69, 9.17) is 0 Å². The van der Waals surface area contributed by atoms with Crippen LogP contribution in [0.4, 0.5) is 0 Å². The first-order valence-corrected chi connectivity index (χ1v) is 14.5. The topological polar surface area (TPSA) is 73.0 Å². The molecular formula is C30H54N4O3. The molecule has 2 aliphatic rings. The van der Waals surface area contributed by atoms with Gasteiger partial charge in [0, 0.05) is 31.8 Å². The first-order valence-electron chi connectivity index (χ1n) is 14.5. The Bertz CT molecular complexity index is 812. The lowest BCUT2D eigenvalue weighted by Gasteiger charge is -2.39. The van der Waals surface area contributed by atoms with E-state index in [1.807, 2.05) is 31.7 Å². The van der Waals surface area contributed by atoms with Crippen molar-refractivity contribution in [3.8, 4) is 0 Å². The highest BCUT2D eigenvalue weighted by molar-refractivity contribution is 5.93. The Morgan fingerprint density at radius 1 is 0.946 bits per heavy atom. The maximum atomic E-state index is 13.8. The van der Waals surface area contributed by atoms with Gasteiger partial charge in [0.2, 0.25) is 17.7 Å². The number of likely N-dealkylation sites (N-methyl/N-ethyl adjacent to an activating group) is 1. The lowest BCUT2D eigenvalue weighted by Crippen LogP contribution is -2.58. The largest absolute Gasteiger partial charge is 0.343 e. The number of hydrogen-bond donors (Lipinski definition) is 1. The Morgan fingerprint density at radius 2 is 1.54 bits per heavy atom. The summed E-state index contributed by atoms with van der Waals surface area (Å²) >= 11 is 0. The molecule has 0 aliphatic carbocycles. The summed E-state index contributed by atoms with van der Waals surface area (Å²) in [5.74, 6) is 0.967. The molecule has 2 saturated heterocycles. The smallest absolute Gasteiger partial charge is 0.249 e. The van der Waals surface area contributed by atoms with Crippen molar-refractivity contribution in [3.63, 3.8) is 0 Å². The molecule has 212 valence electrons. The van der Waals surface area contributed by atoms with E-state index >= 15 is 0 Å². The van der Waals surface area contributed by atoms with Gasteiger partial charge in [-0.05, 0) is 70.3 Å². The van der Waals surface area contributed by atoms with Gasteiger partial charge in [-0.1, -0.05) is 54.0 Å². The average molecular weight is 519 g/mol. The number of piperidine rings is 2. The molecule has 2 fully saturated rings. The number of carbonyl (C=O) groups is 3. The third kappa shape index (κ3) is 8.30. The fourth-order valence-corrected chi connectivity index (χ4v) is 6.14. The lowest BCUT2D eigenvalue weighted by atomic mass is 9.91. The van der Waals surface area contributed by atoms with Crippen molar-refractivity contribution < 1.29 is 14.4 Å². The van der Waals surface area contributed by atoms with Crippen LogP contribution in [0, 0.1) is 23.7 Å². The van der Waals surface area contributed by atoms with Crippen molar-refractivity contribution in [2.24, 2.45) is 23.7 Å².